The van der Waals surface area contributed by atoms with Crippen molar-refractivity contribution < 1.29 is 4.79 Å². The normalized spacial score (nSPS) is 10.1. The summed E-state index contributed by atoms with van der Waals surface area (Å²) in [5.74, 6) is 0. The lowest BCUT2D eigenvalue weighted by Gasteiger charge is -2.02. The van der Waals surface area contributed by atoms with Crippen LogP contribution in [0.1, 0.15) is 13.3 Å². The number of hydrazone groups is 1. The molecule has 1 rings (SSSR count). The first-order valence-electron chi connectivity index (χ1n) is 4.46. The summed E-state index contributed by atoms with van der Waals surface area (Å²) in [6.45, 7) is 1.94. The van der Waals surface area contributed by atoms with Crippen molar-refractivity contribution in [3.8, 4) is 0 Å². The molecule has 0 aliphatic heterocycles. The molecule has 0 bridgehead atoms. The third kappa shape index (κ3) is 3.71. The van der Waals surface area contributed by atoms with Gasteiger partial charge in [0.15, 0.2) is 0 Å². The van der Waals surface area contributed by atoms with Crippen molar-refractivity contribution in [2.45, 2.75) is 13.3 Å². The van der Waals surface area contributed by atoms with Crippen LogP contribution in [0, 0.1) is 0 Å². The Hall–Kier alpha value is -1.84. The van der Waals surface area contributed by atoms with Crippen LogP contribution in [-0.4, -0.2) is 12.2 Å². The fourth-order valence-electron chi connectivity index (χ4n) is 0.876. The van der Waals surface area contributed by atoms with E-state index in [1.807, 2.05) is 37.3 Å². The quantitative estimate of drug-likeness (QED) is 0.558. The maximum atomic E-state index is 11.2. The number of hydrogen-bond acceptors (Lipinski definition) is 2. The SMILES string of the molecule is CC/C=N/NC(=O)Nc1ccccc1. The Balaban J connectivity index is 2.38. The molecule has 0 saturated carbocycles. The zero-order valence-electron chi connectivity index (χ0n) is 8.03. The molecule has 2 N–H and O–H groups in total. The van der Waals surface area contributed by atoms with E-state index in [4.69, 9.17) is 0 Å². The minimum absolute atomic E-state index is 0.332. The maximum absolute atomic E-state index is 11.2. The van der Waals surface area contributed by atoms with Crippen molar-refractivity contribution in [3.05, 3.63) is 30.3 Å². The number of rotatable bonds is 3. The molecular formula is C10H13N3O. The van der Waals surface area contributed by atoms with Crippen molar-refractivity contribution in [3.63, 3.8) is 0 Å². The second-order valence-corrected chi connectivity index (χ2v) is 2.65. The summed E-state index contributed by atoms with van der Waals surface area (Å²) >= 11 is 0. The van der Waals surface area contributed by atoms with Crippen LogP contribution < -0.4 is 10.7 Å². The highest BCUT2D eigenvalue weighted by molar-refractivity contribution is 5.89. The summed E-state index contributed by atoms with van der Waals surface area (Å²) in [7, 11) is 0. The van der Waals surface area contributed by atoms with Gasteiger partial charge in [-0.1, -0.05) is 25.1 Å². The van der Waals surface area contributed by atoms with Gasteiger partial charge in [-0.3, -0.25) is 0 Å². The predicted molar refractivity (Wildman–Crippen MR) is 57.4 cm³/mol. The van der Waals surface area contributed by atoms with Crippen molar-refractivity contribution in [2.24, 2.45) is 5.10 Å². The van der Waals surface area contributed by atoms with Crippen LogP contribution in [-0.2, 0) is 0 Å². The Morgan fingerprint density at radius 2 is 2.14 bits per heavy atom. The summed E-state index contributed by atoms with van der Waals surface area (Å²) in [5, 5.41) is 6.34. The summed E-state index contributed by atoms with van der Waals surface area (Å²) in [4.78, 5) is 11.2. The van der Waals surface area contributed by atoms with Crippen molar-refractivity contribution in [2.75, 3.05) is 5.32 Å². The zero-order chi connectivity index (χ0) is 10.2. The average Bonchev–Trinajstić information content (AvgIpc) is 2.20. The molecule has 0 radical (unpaired) electrons. The molecule has 0 aromatic heterocycles. The predicted octanol–water partition coefficient (Wildman–Crippen LogP) is 2.20. The molecule has 14 heavy (non-hydrogen) atoms. The van der Waals surface area contributed by atoms with Crippen LogP contribution >= 0.6 is 0 Å². The lowest BCUT2D eigenvalue weighted by atomic mass is 10.3. The number of hydrogen-bond donors (Lipinski definition) is 2. The highest BCUT2D eigenvalue weighted by atomic mass is 16.2. The Labute approximate surface area is 83.0 Å². The van der Waals surface area contributed by atoms with Gasteiger partial charge in [-0.15, -0.1) is 0 Å². The van der Waals surface area contributed by atoms with E-state index in [9.17, 15) is 4.79 Å². The minimum atomic E-state index is -0.332. The molecule has 0 fully saturated rings. The number of benzene rings is 1. The number of urea groups is 1. The largest absolute Gasteiger partial charge is 0.339 e. The van der Waals surface area contributed by atoms with Crippen LogP contribution in [0.25, 0.3) is 0 Å². The minimum Gasteiger partial charge on any atom is -0.307 e. The van der Waals surface area contributed by atoms with E-state index in [0.29, 0.717) is 0 Å². The molecule has 0 saturated heterocycles. The molecule has 4 nitrogen and oxygen atoms in total. The van der Waals surface area contributed by atoms with E-state index in [0.717, 1.165) is 12.1 Å². The molecule has 0 aliphatic rings. The molecule has 4 heteroatoms. The number of carbonyl (C=O) groups is 1. The molecule has 2 amide bonds. The number of para-hydroxylation sites is 1. The maximum Gasteiger partial charge on any atom is 0.339 e. The number of carbonyl (C=O) groups excluding carboxylic acids is 1. The van der Waals surface area contributed by atoms with Gasteiger partial charge in [0.05, 0.1) is 0 Å². The standard InChI is InChI=1S/C10H13N3O/c1-2-8-11-13-10(14)12-9-6-4-3-5-7-9/h3-8H,2H2,1H3,(H2,12,13,14)/b11-8+. The summed E-state index contributed by atoms with van der Waals surface area (Å²) in [6, 6.07) is 8.88. The molecule has 74 valence electrons. The highest BCUT2D eigenvalue weighted by Gasteiger charge is 1.96. The van der Waals surface area contributed by atoms with Crippen LogP contribution in [0.15, 0.2) is 35.4 Å². The van der Waals surface area contributed by atoms with Crippen LogP contribution in [0.4, 0.5) is 10.5 Å². The molecule has 0 aliphatic carbocycles. The van der Waals surface area contributed by atoms with Crippen LogP contribution in [0.2, 0.25) is 0 Å². The van der Waals surface area contributed by atoms with Gasteiger partial charge in [-0.2, -0.15) is 5.10 Å². The monoisotopic (exact) mass is 191 g/mol. The first-order chi connectivity index (χ1) is 6.83. The molecular weight excluding hydrogens is 178 g/mol. The van der Waals surface area contributed by atoms with Crippen LogP contribution in [0.3, 0.4) is 0 Å². The lowest BCUT2D eigenvalue weighted by molar-refractivity contribution is 0.252. The number of nitrogens with one attached hydrogen (secondary N) is 2. The second-order valence-electron chi connectivity index (χ2n) is 2.65. The summed E-state index contributed by atoms with van der Waals surface area (Å²) < 4.78 is 0. The van der Waals surface area contributed by atoms with Gasteiger partial charge in [0, 0.05) is 11.9 Å². The fourth-order valence-corrected chi connectivity index (χ4v) is 0.876. The molecule has 0 unspecified atom stereocenters. The first-order valence-corrected chi connectivity index (χ1v) is 4.46. The van der Waals surface area contributed by atoms with Gasteiger partial charge < -0.3 is 5.32 Å². The Bertz CT molecular complexity index is 308. The van der Waals surface area contributed by atoms with Crippen molar-refractivity contribution >= 4 is 17.9 Å². The number of amides is 2. The van der Waals surface area contributed by atoms with E-state index in [1.54, 1.807) is 6.21 Å². The molecule has 0 heterocycles. The highest BCUT2D eigenvalue weighted by Crippen LogP contribution is 2.03. The van der Waals surface area contributed by atoms with Gasteiger partial charge in [-0.25, -0.2) is 10.2 Å². The van der Waals surface area contributed by atoms with E-state index < -0.39 is 0 Å². The van der Waals surface area contributed by atoms with E-state index >= 15 is 0 Å². The average molecular weight is 191 g/mol. The molecule has 0 spiro atoms. The Morgan fingerprint density at radius 3 is 2.79 bits per heavy atom. The van der Waals surface area contributed by atoms with Crippen molar-refractivity contribution in [1.29, 1.82) is 0 Å². The third-order valence-corrected chi connectivity index (χ3v) is 1.47. The van der Waals surface area contributed by atoms with Gasteiger partial charge in [0.1, 0.15) is 0 Å². The Kier molecular flexibility index (Phi) is 4.20. The van der Waals surface area contributed by atoms with Crippen LogP contribution in [0.5, 0.6) is 0 Å². The first kappa shape index (κ1) is 10.2. The van der Waals surface area contributed by atoms with E-state index in [2.05, 4.69) is 15.8 Å². The van der Waals surface area contributed by atoms with Gasteiger partial charge in [0.25, 0.3) is 0 Å². The fraction of sp³-hybridized carbons (Fsp3) is 0.200. The topological polar surface area (TPSA) is 53.5 Å². The Morgan fingerprint density at radius 1 is 1.43 bits per heavy atom. The second kappa shape index (κ2) is 5.75. The smallest absolute Gasteiger partial charge is 0.307 e. The van der Waals surface area contributed by atoms with Gasteiger partial charge in [0.2, 0.25) is 0 Å². The molecule has 0 atom stereocenters. The van der Waals surface area contributed by atoms with E-state index in [1.165, 1.54) is 0 Å². The third-order valence-electron chi connectivity index (χ3n) is 1.47. The summed E-state index contributed by atoms with van der Waals surface area (Å²) in [5.41, 5.74) is 3.10. The van der Waals surface area contributed by atoms with Crippen molar-refractivity contribution in [1.82, 2.24) is 5.43 Å². The summed E-state index contributed by atoms with van der Waals surface area (Å²) in [6.07, 6.45) is 2.43. The van der Waals surface area contributed by atoms with Gasteiger partial charge >= 0.3 is 6.03 Å². The zero-order valence-corrected chi connectivity index (χ0v) is 8.03. The number of nitrogens with zero attached hydrogens (tertiary/aromatic N) is 1. The number of anilines is 1. The van der Waals surface area contributed by atoms with Gasteiger partial charge in [-0.05, 0) is 18.6 Å². The lowest BCUT2D eigenvalue weighted by Crippen LogP contribution is -2.23. The molecule has 1 aromatic rings. The molecule has 1 aromatic carbocycles. The van der Waals surface area contributed by atoms with E-state index in [-0.39, 0.29) is 6.03 Å².